The molecule has 4 nitrogen and oxygen atoms in total. The molecule has 1 aromatic carbocycles. The number of hydrogen-bond donors (Lipinski definition) is 1. The first-order valence-corrected chi connectivity index (χ1v) is 8.26. The molecule has 6 heteroatoms. The molecule has 0 saturated heterocycles. The van der Waals surface area contributed by atoms with Crippen molar-refractivity contribution in [1.29, 1.82) is 0 Å². The van der Waals surface area contributed by atoms with E-state index in [1.807, 2.05) is 27.7 Å². The second-order valence-electron chi connectivity index (χ2n) is 6.36. The lowest BCUT2D eigenvalue weighted by molar-refractivity contribution is -0.121. The summed E-state index contributed by atoms with van der Waals surface area (Å²) in [6.07, 6.45) is 0. The average Bonchev–Trinajstić information content (AvgIpc) is 2.42. The Labute approximate surface area is 134 Å². The summed E-state index contributed by atoms with van der Waals surface area (Å²) in [4.78, 5) is 12.1. The summed E-state index contributed by atoms with van der Waals surface area (Å²) >= 11 is 1.46. The number of hydrogen-bond acceptors (Lipinski definition) is 4. The highest BCUT2D eigenvalue weighted by molar-refractivity contribution is 7.99. The molecule has 0 fully saturated rings. The highest BCUT2D eigenvalue weighted by Gasteiger charge is 2.22. The molecule has 22 heavy (non-hydrogen) atoms. The van der Waals surface area contributed by atoms with Gasteiger partial charge in [-0.1, -0.05) is 0 Å². The van der Waals surface area contributed by atoms with Crippen molar-refractivity contribution in [1.82, 2.24) is 5.32 Å². The Balaban J connectivity index is 2.02. The van der Waals surface area contributed by atoms with Gasteiger partial charge >= 0.3 is 0 Å². The molecule has 0 aromatic heterocycles. The van der Waals surface area contributed by atoms with E-state index < -0.39 is 0 Å². The number of amides is 1. The van der Waals surface area contributed by atoms with Crippen LogP contribution in [0.1, 0.15) is 38.8 Å². The van der Waals surface area contributed by atoms with Crippen LogP contribution in [-0.4, -0.2) is 23.5 Å². The van der Waals surface area contributed by atoms with Crippen molar-refractivity contribution in [2.75, 3.05) is 6.79 Å². The van der Waals surface area contributed by atoms with E-state index in [4.69, 9.17) is 9.47 Å². The third-order valence-electron chi connectivity index (χ3n) is 3.11. The molecular weight excluding hydrogens is 305 g/mol. The van der Waals surface area contributed by atoms with E-state index in [0.717, 1.165) is 5.56 Å². The summed E-state index contributed by atoms with van der Waals surface area (Å²) in [7, 11) is 0. The monoisotopic (exact) mass is 327 g/mol. The van der Waals surface area contributed by atoms with Gasteiger partial charge in [0.25, 0.3) is 0 Å². The second kappa shape index (κ2) is 6.87. The predicted octanol–water partition coefficient (Wildman–Crippen LogP) is 3.23. The van der Waals surface area contributed by atoms with Gasteiger partial charge < -0.3 is 14.8 Å². The number of carbonyl (C=O) groups is 1. The molecule has 1 N–H and O–H groups in total. The molecule has 2 rings (SSSR count). The molecule has 1 amide bonds. The van der Waals surface area contributed by atoms with E-state index in [0.29, 0.717) is 23.7 Å². The minimum absolute atomic E-state index is 0.0213. The Kier molecular flexibility index (Phi) is 5.34. The topological polar surface area (TPSA) is 47.6 Å². The summed E-state index contributed by atoms with van der Waals surface area (Å²) in [5.41, 5.74) is 1.22. The van der Waals surface area contributed by atoms with E-state index in [1.54, 1.807) is 0 Å². The fraction of sp³-hybridized carbons (Fsp3) is 0.562. The third-order valence-corrected chi connectivity index (χ3v) is 4.30. The van der Waals surface area contributed by atoms with Crippen LogP contribution >= 0.6 is 11.8 Å². The molecule has 1 aromatic rings. The molecule has 1 aliphatic heterocycles. The maximum Gasteiger partial charge on any atom is 0.233 e. The molecule has 0 unspecified atom stereocenters. The first kappa shape index (κ1) is 17.1. The van der Waals surface area contributed by atoms with Gasteiger partial charge in [0.15, 0.2) is 6.79 Å². The van der Waals surface area contributed by atoms with Gasteiger partial charge in [-0.05, 0) is 39.8 Å². The van der Waals surface area contributed by atoms with E-state index in [1.165, 1.54) is 23.9 Å². The fourth-order valence-corrected chi connectivity index (χ4v) is 2.98. The Bertz CT molecular complexity index is 557. The van der Waals surface area contributed by atoms with Gasteiger partial charge in [-0.15, -0.1) is 11.8 Å². The molecule has 122 valence electrons. The summed E-state index contributed by atoms with van der Waals surface area (Å²) < 4.78 is 24.3. The van der Waals surface area contributed by atoms with Crippen molar-refractivity contribution in [3.63, 3.8) is 0 Å². The molecule has 1 heterocycles. The molecule has 0 saturated carbocycles. The van der Waals surface area contributed by atoms with Gasteiger partial charge in [-0.25, -0.2) is 4.39 Å². The van der Waals surface area contributed by atoms with Crippen LogP contribution in [0.5, 0.6) is 5.75 Å². The van der Waals surface area contributed by atoms with Gasteiger partial charge in [-0.3, -0.25) is 4.79 Å². The lowest BCUT2D eigenvalue weighted by atomic mass is 10.1. The molecule has 0 spiro atoms. The smallest absolute Gasteiger partial charge is 0.233 e. The van der Waals surface area contributed by atoms with Crippen LogP contribution in [0.4, 0.5) is 4.39 Å². The van der Waals surface area contributed by atoms with Crippen molar-refractivity contribution in [2.45, 2.75) is 50.8 Å². The molecule has 0 radical (unpaired) electrons. The zero-order valence-corrected chi connectivity index (χ0v) is 14.2. The van der Waals surface area contributed by atoms with Crippen molar-refractivity contribution < 1.29 is 18.7 Å². The van der Waals surface area contributed by atoms with Crippen molar-refractivity contribution in [3.05, 3.63) is 29.1 Å². The normalized spacial score (nSPS) is 15.7. The first-order valence-electron chi connectivity index (χ1n) is 7.22. The fourth-order valence-electron chi connectivity index (χ4n) is 2.13. The lowest BCUT2D eigenvalue weighted by Crippen LogP contribution is -2.44. The van der Waals surface area contributed by atoms with Crippen molar-refractivity contribution >= 4 is 17.7 Å². The Hall–Kier alpha value is -1.27. The highest BCUT2D eigenvalue weighted by Crippen LogP contribution is 2.32. The van der Waals surface area contributed by atoms with Gasteiger partial charge in [0, 0.05) is 22.4 Å². The summed E-state index contributed by atoms with van der Waals surface area (Å²) in [6.45, 7) is 8.21. The van der Waals surface area contributed by atoms with Crippen LogP contribution in [0.3, 0.4) is 0 Å². The summed E-state index contributed by atoms with van der Waals surface area (Å²) in [6, 6.07) is 2.89. The van der Waals surface area contributed by atoms with E-state index >= 15 is 0 Å². The maximum absolute atomic E-state index is 13.7. The van der Waals surface area contributed by atoms with Crippen molar-refractivity contribution in [3.8, 4) is 5.75 Å². The zero-order chi connectivity index (χ0) is 16.3. The van der Waals surface area contributed by atoms with Gasteiger partial charge in [0.05, 0.1) is 11.9 Å². The third kappa shape index (κ3) is 4.61. The Morgan fingerprint density at radius 1 is 1.45 bits per heavy atom. The number of fused-ring (bicyclic) bond motifs is 1. The van der Waals surface area contributed by atoms with Crippen LogP contribution in [0, 0.1) is 5.82 Å². The van der Waals surface area contributed by atoms with E-state index in [2.05, 4.69) is 5.32 Å². The van der Waals surface area contributed by atoms with Crippen LogP contribution < -0.4 is 10.1 Å². The predicted molar refractivity (Wildman–Crippen MR) is 85.3 cm³/mol. The summed E-state index contributed by atoms with van der Waals surface area (Å²) in [5.74, 6) is 0.865. The number of ether oxygens (including phenoxy) is 2. The molecule has 0 bridgehead atoms. The Morgan fingerprint density at radius 3 is 2.86 bits per heavy atom. The number of carbonyl (C=O) groups excluding carboxylic acids is 1. The number of thioether (sulfide) groups is 1. The van der Waals surface area contributed by atoms with Crippen LogP contribution in [0.25, 0.3) is 0 Å². The SMILES string of the molecule is C[C@H](SCc1cc(F)cc2c1OCOC2)C(=O)NC(C)(C)C. The van der Waals surface area contributed by atoms with Crippen LogP contribution in [0.2, 0.25) is 0 Å². The highest BCUT2D eigenvalue weighted by atomic mass is 32.2. The quantitative estimate of drug-likeness (QED) is 0.922. The van der Waals surface area contributed by atoms with E-state index in [9.17, 15) is 9.18 Å². The number of nitrogens with one attached hydrogen (secondary N) is 1. The lowest BCUT2D eigenvalue weighted by Gasteiger charge is -2.24. The molecular formula is C16H22FNO3S. The number of benzene rings is 1. The zero-order valence-electron chi connectivity index (χ0n) is 13.4. The van der Waals surface area contributed by atoms with Crippen LogP contribution in [0.15, 0.2) is 12.1 Å². The minimum atomic E-state index is -0.310. The van der Waals surface area contributed by atoms with Gasteiger partial charge in [0.2, 0.25) is 5.91 Å². The largest absolute Gasteiger partial charge is 0.467 e. The minimum Gasteiger partial charge on any atom is -0.467 e. The maximum atomic E-state index is 13.7. The Morgan fingerprint density at radius 2 is 2.18 bits per heavy atom. The number of halogens is 1. The molecule has 0 aliphatic carbocycles. The molecule has 1 aliphatic rings. The van der Waals surface area contributed by atoms with Gasteiger partial charge in [0.1, 0.15) is 11.6 Å². The van der Waals surface area contributed by atoms with Gasteiger partial charge in [-0.2, -0.15) is 0 Å². The standard InChI is InChI=1S/C16H22FNO3S/c1-10(15(19)18-16(2,3)4)22-8-12-6-13(17)5-11-7-20-9-21-14(11)12/h5-6,10H,7-9H2,1-4H3,(H,18,19)/t10-/m0/s1. The van der Waals surface area contributed by atoms with E-state index in [-0.39, 0.29) is 29.3 Å². The van der Waals surface area contributed by atoms with Crippen LogP contribution in [-0.2, 0) is 21.9 Å². The second-order valence-corrected chi connectivity index (χ2v) is 7.69. The molecule has 1 atom stereocenters. The summed E-state index contributed by atoms with van der Waals surface area (Å²) in [5, 5.41) is 2.72. The van der Waals surface area contributed by atoms with Crippen molar-refractivity contribution in [2.24, 2.45) is 0 Å². The first-order chi connectivity index (χ1) is 10.3. The number of rotatable bonds is 4. The average molecular weight is 327 g/mol.